The van der Waals surface area contributed by atoms with Gasteiger partial charge < -0.3 is 0 Å². The minimum atomic E-state index is 1.00. The maximum absolute atomic E-state index is 4.35. The van der Waals surface area contributed by atoms with Gasteiger partial charge in [-0.1, -0.05) is 23.1 Å². The molecule has 2 aromatic heterocycles. The molecule has 0 aliphatic rings. The minimum absolute atomic E-state index is 1.00. The van der Waals surface area contributed by atoms with E-state index in [2.05, 4.69) is 9.97 Å². The Labute approximate surface area is 72.7 Å². The zero-order chi connectivity index (χ0) is 7.68. The van der Waals surface area contributed by atoms with Gasteiger partial charge in [0.05, 0.1) is 0 Å². The summed E-state index contributed by atoms with van der Waals surface area (Å²) in [6, 6.07) is 3.89. The summed E-state index contributed by atoms with van der Waals surface area (Å²) < 4.78 is 1.08. The molecule has 4 heteroatoms. The van der Waals surface area contributed by atoms with Gasteiger partial charge in [0.15, 0.2) is 4.34 Å². The molecule has 56 valence electrons. The molecule has 0 spiro atoms. The van der Waals surface area contributed by atoms with Crippen molar-refractivity contribution in [1.29, 1.82) is 0 Å². The Hall–Kier alpha value is -0.610. The molecular formula is C7H6N2S2. The third kappa shape index (κ3) is 1.23. The van der Waals surface area contributed by atoms with Crippen molar-refractivity contribution in [2.75, 3.05) is 6.26 Å². The molecule has 0 amide bonds. The van der Waals surface area contributed by atoms with Crippen LogP contribution < -0.4 is 0 Å². The highest BCUT2D eigenvalue weighted by Crippen LogP contribution is 2.25. The van der Waals surface area contributed by atoms with Crippen LogP contribution in [0.15, 0.2) is 22.7 Å². The molecule has 0 fully saturated rings. The first-order valence-electron chi connectivity index (χ1n) is 3.15. The van der Waals surface area contributed by atoms with Crippen LogP contribution in [0.3, 0.4) is 0 Å². The van der Waals surface area contributed by atoms with E-state index in [4.69, 9.17) is 0 Å². The Bertz CT molecular complexity index is 336. The number of rotatable bonds is 1. The van der Waals surface area contributed by atoms with Gasteiger partial charge in [0.25, 0.3) is 0 Å². The van der Waals surface area contributed by atoms with Crippen LogP contribution in [0, 0.1) is 0 Å². The van der Waals surface area contributed by atoms with E-state index in [9.17, 15) is 0 Å². The third-order valence-corrected chi connectivity index (χ3v) is 3.29. The van der Waals surface area contributed by atoms with Crippen LogP contribution in [-0.4, -0.2) is 16.2 Å². The van der Waals surface area contributed by atoms with Gasteiger partial charge in [0.1, 0.15) is 10.3 Å². The van der Waals surface area contributed by atoms with Crippen LogP contribution in [0.1, 0.15) is 0 Å². The molecule has 2 nitrogen and oxygen atoms in total. The molecule has 2 aromatic rings. The highest BCUT2D eigenvalue weighted by atomic mass is 32.2. The summed E-state index contributed by atoms with van der Waals surface area (Å²) >= 11 is 3.30. The second kappa shape index (κ2) is 2.79. The first-order chi connectivity index (χ1) is 5.40. The van der Waals surface area contributed by atoms with Crippen molar-refractivity contribution in [2.45, 2.75) is 4.34 Å². The van der Waals surface area contributed by atoms with E-state index in [-0.39, 0.29) is 0 Å². The van der Waals surface area contributed by atoms with Crippen LogP contribution in [0.25, 0.3) is 10.3 Å². The lowest BCUT2D eigenvalue weighted by Gasteiger charge is -1.80. The van der Waals surface area contributed by atoms with Crippen molar-refractivity contribution in [2.24, 2.45) is 0 Å². The summed E-state index contributed by atoms with van der Waals surface area (Å²) in [5.74, 6) is 0. The van der Waals surface area contributed by atoms with Gasteiger partial charge in [-0.05, 0) is 18.4 Å². The van der Waals surface area contributed by atoms with Gasteiger partial charge in [-0.3, -0.25) is 0 Å². The maximum Gasteiger partial charge on any atom is 0.152 e. The molecule has 2 heterocycles. The molecule has 0 saturated carbocycles. The molecule has 0 atom stereocenters. The van der Waals surface area contributed by atoms with Gasteiger partial charge in [-0.15, -0.1) is 0 Å². The number of thiazole rings is 1. The van der Waals surface area contributed by atoms with E-state index in [1.807, 2.05) is 18.4 Å². The van der Waals surface area contributed by atoms with Crippen molar-refractivity contribution >= 4 is 33.4 Å². The zero-order valence-electron chi connectivity index (χ0n) is 5.94. The van der Waals surface area contributed by atoms with Gasteiger partial charge in [-0.2, -0.15) is 0 Å². The molecule has 0 unspecified atom stereocenters. The van der Waals surface area contributed by atoms with Gasteiger partial charge in [0, 0.05) is 6.20 Å². The highest BCUT2D eigenvalue weighted by Gasteiger charge is 2.00. The molecule has 11 heavy (non-hydrogen) atoms. The van der Waals surface area contributed by atoms with Crippen molar-refractivity contribution in [3.63, 3.8) is 0 Å². The lowest BCUT2D eigenvalue weighted by molar-refractivity contribution is 1.30. The van der Waals surface area contributed by atoms with Crippen LogP contribution in [-0.2, 0) is 0 Å². The van der Waals surface area contributed by atoms with Crippen LogP contribution in [0.4, 0.5) is 0 Å². The quantitative estimate of drug-likeness (QED) is 0.633. The molecule has 0 bridgehead atoms. The van der Waals surface area contributed by atoms with Gasteiger partial charge in [0.2, 0.25) is 0 Å². The number of nitrogens with zero attached hydrogens (tertiary/aromatic N) is 2. The average molecular weight is 182 g/mol. The van der Waals surface area contributed by atoms with E-state index in [1.165, 1.54) is 0 Å². The standard InChI is InChI=1S/C7H6N2S2/c1-10-7-9-5-3-2-4-8-6(5)11-7/h2-4H,1H3. The van der Waals surface area contributed by atoms with Crippen molar-refractivity contribution in [3.8, 4) is 0 Å². The fourth-order valence-corrected chi connectivity index (χ4v) is 2.24. The first-order valence-corrected chi connectivity index (χ1v) is 5.20. The normalized spacial score (nSPS) is 10.6. The predicted molar refractivity (Wildman–Crippen MR) is 49.2 cm³/mol. The lowest BCUT2D eigenvalue weighted by atomic mass is 10.5. The molecule has 0 radical (unpaired) electrons. The molecule has 0 saturated heterocycles. The maximum atomic E-state index is 4.35. The molecule has 2 rings (SSSR count). The third-order valence-electron chi connectivity index (χ3n) is 1.32. The number of pyridine rings is 1. The van der Waals surface area contributed by atoms with E-state index >= 15 is 0 Å². The fourth-order valence-electron chi connectivity index (χ4n) is 0.837. The van der Waals surface area contributed by atoms with Crippen molar-refractivity contribution in [1.82, 2.24) is 9.97 Å². The Morgan fingerprint density at radius 3 is 3.18 bits per heavy atom. The Morgan fingerprint density at radius 2 is 2.45 bits per heavy atom. The number of hydrogen-bond donors (Lipinski definition) is 0. The summed E-state index contributed by atoms with van der Waals surface area (Å²) in [6.45, 7) is 0. The van der Waals surface area contributed by atoms with Crippen molar-refractivity contribution < 1.29 is 0 Å². The Morgan fingerprint density at radius 1 is 1.55 bits per heavy atom. The SMILES string of the molecule is CSc1nc2cccnc2s1. The van der Waals surface area contributed by atoms with Crippen LogP contribution in [0.5, 0.6) is 0 Å². The Balaban J connectivity index is 2.69. The molecule has 0 aliphatic carbocycles. The topological polar surface area (TPSA) is 25.8 Å². The minimum Gasteiger partial charge on any atom is -0.244 e. The summed E-state index contributed by atoms with van der Waals surface area (Å²) in [5.41, 5.74) is 1.00. The summed E-state index contributed by atoms with van der Waals surface area (Å²) in [6.07, 6.45) is 3.82. The number of hydrogen-bond acceptors (Lipinski definition) is 4. The Kier molecular flexibility index (Phi) is 1.79. The summed E-state index contributed by atoms with van der Waals surface area (Å²) in [7, 11) is 0. The first kappa shape index (κ1) is 7.06. The average Bonchev–Trinajstić information content (AvgIpc) is 2.46. The predicted octanol–water partition coefficient (Wildman–Crippen LogP) is 2.41. The second-order valence-electron chi connectivity index (χ2n) is 2.01. The monoisotopic (exact) mass is 182 g/mol. The number of aromatic nitrogens is 2. The van der Waals surface area contributed by atoms with Crippen LogP contribution >= 0.6 is 23.1 Å². The molecule has 0 N–H and O–H groups in total. The molecular weight excluding hydrogens is 176 g/mol. The van der Waals surface area contributed by atoms with Gasteiger partial charge in [-0.25, -0.2) is 9.97 Å². The van der Waals surface area contributed by atoms with Crippen molar-refractivity contribution in [3.05, 3.63) is 18.3 Å². The smallest absolute Gasteiger partial charge is 0.152 e. The van der Waals surface area contributed by atoms with E-state index < -0.39 is 0 Å². The molecule has 0 aliphatic heterocycles. The molecule has 0 aromatic carbocycles. The highest BCUT2D eigenvalue weighted by molar-refractivity contribution is 8.00. The lowest BCUT2D eigenvalue weighted by Crippen LogP contribution is -1.69. The van der Waals surface area contributed by atoms with Crippen LogP contribution in [0.2, 0.25) is 0 Å². The number of thioether (sulfide) groups is 1. The summed E-state index contributed by atoms with van der Waals surface area (Å²) in [4.78, 5) is 9.57. The second-order valence-corrected chi connectivity index (χ2v) is 4.04. The van der Waals surface area contributed by atoms with Gasteiger partial charge >= 0.3 is 0 Å². The van der Waals surface area contributed by atoms with E-state index in [0.29, 0.717) is 0 Å². The fraction of sp³-hybridized carbons (Fsp3) is 0.143. The summed E-state index contributed by atoms with van der Waals surface area (Å²) in [5, 5.41) is 0. The van der Waals surface area contributed by atoms with E-state index in [1.54, 1.807) is 29.3 Å². The van der Waals surface area contributed by atoms with E-state index in [0.717, 1.165) is 14.7 Å². The largest absolute Gasteiger partial charge is 0.244 e. The number of fused-ring (bicyclic) bond motifs is 1. The zero-order valence-corrected chi connectivity index (χ0v) is 7.58.